The van der Waals surface area contributed by atoms with Crippen molar-refractivity contribution in [3.8, 4) is 0 Å². The highest BCUT2D eigenvalue weighted by Gasteiger charge is 2.27. The maximum atomic E-state index is 12.0. The number of amidine groups is 2. The predicted molar refractivity (Wildman–Crippen MR) is 237 cm³/mol. The van der Waals surface area contributed by atoms with Crippen molar-refractivity contribution in [1.82, 2.24) is 19.9 Å². The molecule has 2 aromatic carbocycles. The van der Waals surface area contributed by atoms with Crippen molar-refractivity contribution in [2.24, 2.45) is 33.6 Å². The number of aryl methyl sites for hydroxylation is 4. The van der Waals surface area contributed by atoms with Gasteiger partial charge in [0, 0.05) is 47.4 Å². The maximum Gasteiger partial charge on any atom is 0.365 e. The lowest BCUT2D eigenvalue weighted by Gasteiger charge is -2.17. The molecule has 8 N–H and O–H groups in total. The summed E-state index contributed by atoms with van der Waals surface area (Å²) in [4.78, 5) is 44.9. The Labute approximate surface area is 350 Å². The van der Waals surface area contributed by atoms with Crippen LogP contribution < -0.4 is 22.1 Å². The summed E-state index contributed by atoms with van der Waals surface area (Å²) in [6.45, 7) is 11.6. The predicted octanol–water partition coefficient (Wildman–Crippen LogP) is 7.71. The van der Waals surface area contributed by atoms with Crippen molar-refractivity contribution >= 4 is 62.2 Å². The number of carbonyl (C=O) groups is 2. The lowest BCUT2D eigenvalue weighted by molar-refractivity contribution is 0.0513. The van der Waals surface area contributed by atoms with Crippen LogP contribution >= 0.6 is 27.0 Å². The van der Waals surface area contributed by atoms with E-state index in [9.17, 15) is 9.59 Å². The monoisotopic (exact) mass is 824 g/mol. The number of hydrogen-bond acceptors (Lipinski definition) is 12. The molecule has 312 valence electrons. The van der Waals surface area contributed by atoms with Gasteiger partial charge in [-0.15, -0.1) is 0 Å². The van der Waals surface area contributed by atoms with Crippen molar-refractivity contribution in [1.29, 1.82) is 0 Å². The highest BCUT2D eigenvalue weighted by molar-refractivity contribution is 7.59. The Hall–Kier alpha value is -5.42. The zero-order valence-corrected chi connectivity index (χ0v) is 33.9. The van der Waals surface area contributed by atoms with Gasteiger partial charge in [-0.05, 0) is 103 Å². The van der Waals surface area contributed by atoms with Gasteiger partial charge in [0.25, 0.3) is 0 Å². The molecule has 2 atom stereocenters. The Kier molecular flexibility index (Phi) is 22.0. The Bertz CT molecular complexity index is 1940. The summed E-state index contributed by atoms with van der Waals surface area (Å²) in [5.74, 6) is 3.05. The largest absolute Gasteiger partial charge is 0.478 e. The summed E-state index contributed by atoms with van der Waals surface area (Å²) >= 11 is 0. The molecular formula is C40H60N10O5S2. The van der Waals surface area contributed by atoms with Crippen LogP contribution in [0.3, 0.4) is 0 Å². The zero-order valence-electron chi connectivity index (χ0n) is 31.9. The molecule has 0 aliphatic heterocycles. The van der Waals surface area contributed by atoms with Crippen LogP contribution in [0, 0.1) is 39.5 Å². The Balaban J connectivity index is 0.000000902. The standard InChI is InChI=1S/C19H23N5O2.C15H17N3O2.C4H8N2O.2CH4.2H2S/c1-11-10-21-13(3)23-18(11)22-12(2)14-4-8-16(9-5-14)19(25)26-24-17(20)15-6-7-15;1-9-8-16-11(3)18-14(9)17-10(2)12-4-6-13(7-5-12)15(19)20;5-4(6-7)3-1-2-3;;;;/h4-5,8-10,12,15H,6-7H2,1-3H3,(H2,20,24)(H,21,22,23);4-8,10H,1-3H3,(H,19,20)(H,16,17,18);3,7H,1-2H2,(H2,5,6);2*1H4;2*1H2/t12-;10-;;;;;/m00...../s1. The molecule has 0 spiro atoms. The lowest BCUT2D eigenvalue weighted by atomic mass is 10.1. The second-order valence-corrected chi connectivity index (χ2v) is 13.1. The molecule has 2 fully saturated rings. The molecule has 57 heavy (non-hydrogen) atoms. The van der Waals surface area contributed by atoms with E-state index in [-0.39, 0.29) is 65.4 Å². The number of benzene rings is 2. The number of nitrogens with one attached hydrogen (secondary N) is 2. The average Bonchev–Trinajstić information content (AvgIpc) is 4.08. The molecule has 17 heteroatoms. The first-order valence-corrected chi connectivity index (χ1v) is 17.3. The van der Waals surface area contributed by atoms with E-state index in [4.69, 9.17) is 26.6 Å². The first-order valence-electron chi connectivity index (χ1n) is 17.3. The normalized spacial score (nSPS) is 14.0. The van der Waals surface area contributed by atoms with Gasteiger partial charge in [0.1, 0.15) is 35.0 Å². The van der Waals surface area contributed by atoms with E-state index in [1.807, 2.05) is 65.8 Å². The molecular weight excluding hydrogens is 765 g/mol. The van der Waals surface area contributed by atoms with Gasteiger partial charge in [-0.3, -0.25) is 0 Å². The van der Waals surface area contributed by atoms with Crippen LogP contribution in [0.15, 0.2) is 71.2 Å². The number of oxime groups is 2. The van der Waals surface area contributed by atoms with Crippen molar-refractivity contribution in [3.63, 3.8) is 0 Å². The van der Waals surface area contributed by atoms with Crippen molar-refractivity contribution in [3.05, 3.63) is 106 Å². The van der Waals surface area contributed by atoms with Gasteiger partial charge in [0.15, 0.2) is 0 Å². The second kappa shape index (κ2) is 24.3. The number of rotatable bonds is 11. The SMILES string of the molecule is C.C.Cc1ncc(C)c(N[C@@H](C)c2ccc(C(=O)O)cc2)n1.Cc1ncc(C)c(N[C@@H](C)c2ccc(C(=O)O/N=C(\N)C3CC3)cc2)n1.N/C(=N\O)C1CC1.S.S. The third-order valence-corrected chi connectivity index (χ3v) is 8.54. The van der Waals surface area contributed by atoms with Crippen LogP contribution in [0.5, 0.6) is 0 Å². The quantitative estimate of drug-likeness (QED) is 0.0280. The molecule has 2 aliphatic carbocycles. The number of aromatic nitrogens is 4. The van der Waals surface area contributed by atoms with Gasteiger partial charge in [-0.1, -0.05) is 49.4 Å². The van der Waals surface area contributed by atoms with Gasteiger partial charge in [-0.2, -0.15) is 27.0 Å². The molecule has 2 saturated carbocycles. The van der Waals surface area contributed by atoms with E-state index in [0.717, 1.165) is 65.4 Å². The molecule has 4 aromatic rings. The van der Waals surface area contributed by atoms with Crippen molar-refractivity contribution in [2.45, 2.75) is 94.2 Å². The summed E-state index contributed by atoms with van der Waals surface area (Å²) in [6, 6.07) is 14.1. The Morgan fingerprint density at radius 1 is 0.719 bits per heavy atom. The number of anilines is 2. The van der Waals surface area contributed by atoms with Gasteiger partial charge < -0.3 is 37.3 Å². The zero-order chi connectivity index (χ0) is 38.7. The number of carbonyl (C=O) groups excluding carboxylic acids is 1. The summed E-state index contributed by atoms with van der Waals surface area (Å²) in [7, 11) is 0. The number of carboxylic acids is 1. The first kappa shape index (κ1) is 51.6. The highest BCUT2D eigenvalue weighted by Crippen LogP contribution is 2.29. The van der Waals surface area contributed by atoms with Crippen molar-refractivity contribution in [2.75, 3.05) is 10.6 Å². The molecule has 0 unspecified atom stereocenters. The second-order valence-electron chi connectivity index (χ2n) is 13.1. The minimum absolute atomic E-state index is 0. The van der Waals surface area contributed by atoms with Crippen LogP contribution in [-0.4, -0.2) is 53.9 Å². The minimum atomic E-state index is -0.917. The van der Waals surface area contributed by atoms with E-state index in [2.05, 4.69) is 40.9 Å². The number of aromatic carboxylic acids is 1. The van der Waals surface area contributed by atoms with Crippen LogP contribution in [0.2, 0.25) is 0 Å². The van der Waals surface area contributed by atoms with Crippen molar-refractivity contribution < 1.29 is 24.7 Å². The van der Waals surface area contributed by atoms with E-state index < -0.39 is 11.9 Å². The highest BCUT2D eigenvalue weighted by atomic mass is 32.1. The fourth-order valence-electron chi connectivity index (χ4n) is 4.81. The summed E-state index contributed by atoms with van der Waals surface area (Å²) in [6.07, 6.45) is 7.79. The molecule has 2 aliphatic rings. The molecule has 0 saturated heterocycles. The van der Waals surface area contributed by atoms with Crippen LogP contribution in [0.25, 0.3) is 0 Å². The molecule has 0 amide bonds. The molecule has 2 aromatic heterocycles. The molecule has 15 nitrogen and oxygen atoms in total. The average molecular weight is 825 g/mol. The third-order valence-electron chi connectivity index (χ3n) is 8.54. The van der Waals surface area contributed by atoms with Crippen LogP contribution in [0.4, 0.5) is 11.6 Å². The van der Waals surface area contributed by atoms with Gasteiger partial charge in [0.2, 0.25) is 0 Å². The van der Waals surface area contributed by atoms with Crippen LogP contribution in [-0.2, 0) is 4.84 Å². The van der Waals surface area contributed by atoms with E-state index in [1.54, 1.807) is 36.7 Å². The maximum absolute atomic E-state index is 12.0. The Morgan fingerprint density at radius 3 is 1.46 bits per heavy atom. The number of hydrogen-bond donors (Lipinski definition) is 6. The third kappa shape index (κ3) is 16.3. The number of nitrogens with zero attached hydrogens (tertiary/aromatic N) is 6. The number of nitrogens with two attached hydrogens (primary N) is 2. The summed E-state index contributed by atoms with van der Waals surface area (Å²) in [5.41, 5.74) is 15.6. The first-order chi connectivity index (χ1) is 25.2. The van der Waals surface area contributed by atoms with Gasteiger partial charge in [-0.25, -0.2) is 29.5 Å². The van der Waals surface area contributed by atoms with Gasteiger partial charge in [0.05, 0.1) is 11.1 Å². The van der Waals surface area contributed by atoms with Gasteiger partial charge >= 0.3 is 11.9 Å². The Morgan fingerprint density at radius 2 is 1.11 bits per heavy atom. The smallest absolute Gasteiger partial charge is 0.365 e. The molecule has 2 heterocycles. The van der Waals surface area contributed by atoms with E-state index in [0.29, 0.717) is 29.0 Å². The fraction of sp³-hybridized carbons (Fsp3) is 0.400. The minimum Gasteiger partial charge on any atom is -0.478 e. The fourth-order valence-corrected chi connectivity index (χ4v) is 4.81. The molecule has 6 rings (SSSR count). The van der Waals surface area contributed by atoms with E-state index >= 15 is 0 Å². The summed E-state index contributed by atoms with van der Waals surface area (Å²) < 4.78 is 0. The molecule has 0 radical (unpaired) electrons. The molecule has 0 bridgehead atoms. The van der Waals surface area contributed by atoms with Crippen LogP contribution in [0.1, 0.15) is 121 Å². The summed E-state index contributed by atoms with van der Waals surface area (Å²) in [5, 5.41) is 30.1. The topological polar surface area (TPSA) is 236 Å². The van der Waals surface area contributed by atoms with E-state index in [1.165, 1.54) is 0 Å². The lowest BCUT2D eigenvalue weighted by Crippen LogP contribution is -2.15. The number of carboxylic acid groups (broad SMARTS) is 1.